The lowest BCUT2D eigenvalue weighted by Crippen LogP contribution is -2.26. The van der Waals surface area contributed by atoms with Crippen LogP contribution in [0.2, 0.25) is 5.15 Å². The number of aliphatic hydroxyl groups excluding tert-OH is 1. The standard InChI is InChI=1S/C10H14ClN3O3/c1-6(5-15)7(2)12-10-4-8(14(16)17)3-9(11)13-10/h3-4,6-7,15H,5H2,1-2H3,(H,12,13). The molecule has 0 fully saturated rings. The summed E-state index contributed by atoms with van der Waals surface area (Å²) in [6.45, 7) is 3.74. The van der Waals surface area contributed by atoms with Gasteiger partial charge >= 0.3 is 0 Å². The third-order valence-electron chi connectivity index (χ3n) is 2.51. The fourth-order valence-corrected chi connectivity index (χ4v) is 1.40. The van der Waals surface area contributed by atoms with Crippen molar-refractivity contribution in [3.05, 3.63) is 27.4 Å². The minimum Gasteiger partial charge on any atom is -0.396 e. The molecule has 0 bridgehead atoms. The largest absolute Gasteiger partial charge is 0.396 e. The summed E-state index contributed by atoms with van der Waals surface area (Å²) in [5.41, 5.74) is -0.114. The molecule has 1 rings (SSSR count). The third-order valence-corrected chi connectivity index (χ3v) is 2.70. The molecule has 6 nitrogen and oxygen atoms in total. The number of aromatic nitrogens is 1. The summed E-state index contributed by atoms with van der Waals surface area (Å²) in [4.78, 5) is 14.0. The Bertz CT molecular complexity index is 414. The molecule has 0 amide bonds. The lowest BCUT2D eigenvalue weighted by molar-refractivity contribution is -0.384. The summed E-state index contributed by atoms with van der Waals surface area (Å²) in [7, 11) is 0. The van der Waals surface area contributed by atoms with Crippen molar-refractivity contribution in [3.63, 3.8) is 0 Å². The Balaban J connectivity index is 2.87. The normalized spacial score (nSPS) is 14.1. The van der Waals surface area contributed by atoms with Crippen LogP contribution in [0, 0.1) is 16.0 Å². The van der Waals surface area contributed by atoms with E-state index < -0.39 is 4.92 Å². The van der Waals surface area contributed by atoms with Crippen LogP contribution in [0.4, 0.5) is 11.5 Å². The number of hydrogen-bond acceptors (Lipinski definition) is 5. The van der Waals surface area contributed by atoms with Gasteiger partial charge in [-0.1, -0.05) is 18.5 Å². The maximum Gasteiger partial charge on any atom is 0.276 e. The van der Waals surface area contributed by atoms with Gasteiger partial charge in [0.15, 0.2) is 0 Å². The minimum absolute atomic E-state index is 0.00911. The predicted molar refractivity (Wildman–Crippen MR) is 65.2 cm³/mol. The monoisotopic (exact) mass is 259 g/mol. The van der Waals surface area contributed by atoms with E-state index in [1.807, 2.05) is 13.8 Å². The average Bonchev–Trinajstić information content (AvgIpc) is 2.26. The van der Waals surface area contributed by atoms with Crippen LogP contribution in [0.15, 0.2) is 12.1 Å². The van der Waals surface area contributed by atoms with Crippen molar-refractivity contribution in [2.24, 2.45) is 5.92 Å². The number of halogens is 1. The van der Waals surface area contributed by atoms with Gasteiger partial charge in [-0.25, -0.2) is 4.98 Å². The van der Waals surface area contributed by atoms with E-state index in [0.717, 1.165) is 0 Å². The quantitative estimate of drug-likeness (QED) is 0.480. The number of rotatable bonds is 5. The SMILES string of the molecule is CC(CO)C(C)Nc1cc([N+](=O)[O-])cc(Cl)n1. The lowest BCUT2D eigenvalue weighted by atomic mass is 10.1. The molecule has 0 spiro atoms. The van der Waals surface area contributed by atoms with Crippen LogP contribution in [-0.2, 0) is 0 Å². The third kappa shape index (κ3) is 3.83. The zero-order chi connectivity index (χ0) is 13.0. The molecule has 0 saturated carbocycles. The molecule has 0 radical (unpaired) electrons. The zero-order valence-electron chi connectivity index (χ0n) is 9.55. The minimum atomic E-state index is -0.529. The van der Waals surface area contributed by atoms with Crippen molar-refractivity contribution in [3.8, 4) is 0 Å². The van der Waals surface area contributed by atoms with Crippen LogP contribution in [0.25, 0.3) is 0 Å². The van der Waals surface area contributed by atoms with Gasteiger partial charge in [0.2, 0.25) is 0 Å². The predicted octanol–water partition coefficient (Wildman–Crippen LogP) is 2.07. The van der Waals surface area contributed by atoms with Crippen molar-refractivity contribution in [1.29, 1.82) is 0 Å². The fraction of sp³-hybridized carbons (Fsp3) is 0.500. The van der Waals surface area contributed by atoms with Gasteiger partial charge in [0.25, 0.3) is 5.69 Å². The second-order valence-electron chi connectivity index (χ2n) is 3.88. The van der Waals surface area contributed by atoms with Crippen LogP contribution in [0.1, 0.15) is 13.8 Å². The van der Waals surface area contributed by atoms with Crippen LogP contribution in [0.5, 0.6) is 0 Å². The Morgan fingerprint density at radius 3 is 2.76 bits per heavy atom. The summed E-state index contributed by atoms with van der Waals surface area (Å²) in [6.07, 6.45) is 0. The molecule has 0 aliphatic heterocycles. The van der Waals surface area contributed by atoms with Crippen molar-refractivity contribution in [2.45, 2.75) is 19.9 Å². The molecule has 2 N–H and O–H groups in total. The number of nitrogens with zero attached hydrogens (tertiary/aromatic N) is 2. The summed E-state index contributed by atoms with van der Waals surface area (Å²) in [5.74, 6) is 0.340. The second-order valence-corrected chi connectivity index (χ2v) is 4.27. The number of nitrogens with one attached hydrogen (secondary N) is 1. The molecule has 94 valence electrons. The van der Waals surface area contributed by atoms with Gasteiger partial charge in [-0.3, -0.25) is 10.1 Å². The summed E-state index contributed by atoms with van der Waals surface area (Å²) >= 11 is 5.69. The van der Waals surface area contributed by atoms with E-state index in [9.17, 15) is 10.1 Å². The Kier molecular flexibility index (Phi) is 4.65. The van der Waals surface area contributed by atoms with Gasteiger partial charge in [0.05, 0.1) is 17.1 Å². The van der Waals surface area contributed by atoms with Gasteiger partial charge < -0.3 is 10.4 Å². The van der Waals surface area contributed by atoms with Crippen molar-refractivity contribution < 1.29 is 10.0 Å². The van der Waals surface area contributed by atoms with Gasteiger partial charge in [-0.15, -0.1) is 0 Å². The highest BCUT2D eigenvalue weighted by Crippen LogP contribution is 2.21. The molecule has 1 aromatic rings. The lowest BCUT2D eigenvalue weighted by Gasteiger charge is -2.19. The van der Waals surface area contributed by atoms with Crippen LogP contribution >= 0.6 is 11.6 Å². The molecular weight excluding hydrogens is 246 g/mol. The van der Waals surface area contributed by atoms with Gasteiger partial charge in [-0.2, -0.15) is 0 Å². The maximum absolute atomic E-state index is 10.6. The van der Waals surface area contributed by atoms with Crippen LogP contribution in [0.3, 0.4) is 0 Å². The van der Waals surface area contributed by atoms with E-state index in [4.69, 9.17) is 16.7 Å². The fourth-order valence-electron chi connectivity index (χ4n) is 1.20. The Morgan fingerprint density at radius 2 is 2.24 bits per heavy atom. The second kappa shape index (κ2) is 5.79. The molecule has 0 aliphatic carbocycles. The Hall–Kier alpha value is -1.40. The van der Waals surface area contributed by atoms with Gasteiger partial charge in [0.1, 0.15) is 11.0 Å². The van der Waals surface area contributed by atoms with E-state index in [1.165, 1.54) is 12.1 Å². The van der Waals surface area contributed by atoms with Crippen molar-refractivity contribution in [1.82, 2.24) is 4.98 Å². The Morgan fingerprint density at radius 1 is 1.59 bits per heavy atom. The number of anilines is 1. The van der Waals surface area contributed by atoms with E-state index in [0.29, 0.717) is 5.82 Å². The first-order chi connectivity index (χ1) is 7.93. The molecule has 1 heterocycles. The molecular formula is C10H14ClN3O3. The highest BCUT2D eigenvalue weighted by Gasteiger charge is 2.15. The number of pyridine rings is 1. The maximum atomic E-state index is 10.6. The van der Waals surface area contributed by atoms with Crippen LogP contribution < -0.4 is 5.32 Å². The molecule has 17 heavy (non-hydrogen) atoms. The first-order valence-electron chi connectivity index (χ1n) is 5.13. The van der Waals surface area contributed by atoms with E-state index in [1.54, 1.807) is 0 Å². The summed E-state index contributed by atoms with van der Waals surface area (Å²) in [5, 5.41) is 22.6. The van der Waals surface area contributed by atoms with E-state index in [-0.39, 0.29) is 29.4 Å². The molecule has 2 atom stereocenters. The molecule has 0 saturated heterocycles. The van der Waals surface area contributed by atoms with Gasteiger partial charge in [0, 0.05) is 12.6 Å². The zero-order valence-corrected chi connectivity index (χ0v) is 10.3. The number of aliphatic hydroxyl groups is 1. The number of hydrogen-bond donors (Lipinski definition) is 2. The summed E-state index contributed by atoms with van der Waals surface area (Å²) < 4.78 is 0. The smallest absolute Gasteiger partial charge is 0.276 e. The van der Waals surface area contributed by atoms with Crippen LogP contribution in [-0.4, -0.2) is 27.7 Å². The topological polar surface area (TPSA) is 88.3 Å². The molecule has 0 aliphatic rings. The van der Waals surface area contributed by atoms with E-state index >= 15 is 0 Å². The average molecular weight is 260 g/mol. The van der Waals surface area contributed by atoms with E-state index in [2.05, 4.69) is 10.3 Å². The highest BCUT2D eigenvalue weighted by molar-refractivity contribution is 6.29. The molecule has 0 aromatic carbocycles. The Labute approximate surface area is 104 Å². The molecule has 1 aromatic heterocycles. The highest BCUT2D eigenvalue weighted by atomic mass is 35.5. The van der Waals surface area contributed by atoms with Gasteiger partial charge in [-0.05, 0) is 12.8 Å². The molecule has 7 heteroatoms. The number of nitro groups is 1. The van der Waals surface area contributed by atoms with Crippen molar-refractivity contribution >= 4 is 23.1 Å². The first-order valence-corrected chi connectivity index (χ1v) is 5.51. The first kappa shape index (κ1) is 13.7. The molecule has 2 unspecified atom stereocenters. The van der Waals surface area contributed by atoms with Crippen molar-refractivity contribution in [2.75, 3.05) is 11.9 Å². The summed E-state index contributed by atoms with van der Waals surface area (Å²) in [6, 6.07) is 2.44.